The Morgan fingerprint density at radius 2 is 1.93 bits per heavy atom. The van der Waals surface area contributed by atoms with Crippen molar-refractivity contribution in [1.82, 2.24) is 24.5 Å². The highest BCUT2D eigenvalue weighted by Crippen LogP contribution is 2.37. The first-order valence-electron chi connectivity index (χ1n) is 13.4. The summed E-state index contributed by atoms with van der Waals surface area (Å²) in [6.07, 6.45) is 3.04. The molecule has 4 N–H and O–H groups in total. The van der Waals surface area contributed by atoms with Crippen LogP contribution in [0.3, 0.4) is 0 Å². The fourth-order valence-corrected chi connectivity index (χ4v) is 4.97. The molecule has 1 fully saturated rings. The molecular formula is C29H35FN8O3. The third-order valence-electron chi connectivity index (χ3n) is 7.10. The molecule has 2 amide bonds. The first-order chi connectivity index (χ1) is 19.7. The number of benzene rings is 1. The highest BCUT2D eigenvalue weighted by molar-refractivity contribution is 5.99. The van der Waals surface area contributed by atoms with Crippen molar-refractivity contribution >= 4 is 28.9 Å². The summed E-state index contributed by atoms with van der Waals surface area (Å²) in [5.74, 6) is 0.0363. The monoisotopic (exact) mass is 562 g/mol. The first-order valence-corrected chi connectivity index (χ1v) is 13.4. The molecule has 4 aromatic rings. The van der Waals surface area contributed by atoms with E-state index in [-0.39, 0.29) is 23.5 Å². The van der Waals surface area contributed by atoms with Crippen molar-refractivity contribution in [3.05, 3.63) is 65.5 Å². The number of nitrogens with zero attached hydrogens (tertiary/aromatic N) is 5. The quantitative estimate of drug-likeness (QED) is 0.301. The largest absolute Gasteiger partial charge is 0.382 e. The number of nitrogens with one attached hydrogen (secondary N) is 2. The molecule has 1 aliphatic rings. The van der Waals surface area contributed by atoms with Crippen LogP contribution in [0.4, 0.5) is 26.5 Å². The third kappa shape index (κ3) is 6.14. The number of carbonyl (C=O) groups is 1. The van der Waals surface area contributed by atoms with Crippen LogP contribution in [0.15, 0.2) is 42.9 Å². The van der Waals surface area contributed by atoms with Crippen molar-refractivity contribution in [3.8, 4) is 11.1 Å². The average Bonchev–Trinajstić information content (AvgIpc) is 3.24. The molecule has 11 nitrogen and oxygen atoms in total. The molecule has 0 atom stereocenters. The number of nitrogen functional groups attached to an aromatic ring is 1. The number of hydrogen-bond donors (Lipinski definition) is 3. The number of aromatic nitrogens is 4. The second kappa shape index (κ2) is 11.8. The highest BCUT2D eigenvalue weighted by atomic mass is 19.1. The van der Waals surface area contributed by atoms with E-state index in [0.717, 1.165) is 29.9 Å². The normalized spacial score (nSPS) is 14.4. The van der Waals surface area contributed by atoms with Crippen LogP contribution >= 0.6 is 0 Å². The number of pyridine rings is 1. The van der Waals surface area contributed by atoms with Gasteiger partial charge in [-0.25, -0.2) is 23.7 Å². The van der Waals surface area contributed by atoms with Gasteiger partial charge in [0, 0.05) is 44.1 Å². The summed E-state index contributed by atoms with van der Waals surface area (Å²) < 4.78 is 28.3. The summed E-state index contributed by atoms with van der Waals surface area (Å²) in [5, 5.41) is 9.75. The Morgan fingerprint density at radius 1 is 1.15 bits per heavy atom. The van der Waals surface area contributed by atoms with Gasteiger partial charge in [0.05, 0.1) is 31.2 Å². The van der Waals surface area contributed by atoms with Gasteiger partial charge in [0.25, 0.3) is 0 Å². The number of fused-ring (bicyclic) bond motifs is 1. The van der Waals surface area contributed by atoms with Crippen molar-refractivity contribution in [1.29, 1.82) is 0 Å². The van der Waals surface area contributed by atoms with Gasteiger partial charge in [-0.3, -0.25) is 10.2 Å². The van der Waals surface area contributed by atoms with Crippen LogP contribution in [0, 0.1) is 5.82 Å². The molecule has 0 bridgehead atoms. The number of morpholine rings is 1. The minimum Gasteiger partial charge on any atom is -0.382 e. The Labute approximate surface area is 237 Å². The lowest BCUT2D eigenvalue weighted by Crippen LogP contribution is -2.36. The molecule has 0 saturated carbocycles. The summed E-state index contributed by atoms with van der Waals surface area (Å²) in [4.78, 5) is 23.4. The Kier molecular flexibility index (Phi) is 8.15. The van der Waals surface area contributed by atoms with Gasteiger partial charge >= 0.3 is 6.03 Å². The summed E-state index contributed by atoms with van der Waals surface area (Å²) in [6.45, 7) is 9.93. The van der Waals surface area contributed by atoms with Crippen LogP contribution in [0.1, 0.15) is 37.6 Å². The number of methoxy groups -OCH3 is 1. The zero-order valence-electron chi connectivity index (χ0n) is 23.7. The van der Waals surface area contributed by atoms with E-state index in [4.69, 9.17) is 15.2 Å². The van der Waals surface area contributed by atoms with Crippen molar-refractivity contribution < 1.29 is 18.7 Å². The predicted octanol–water partition coefficient (Wildman–Crippen LogP) is 4.43. The fraction of sp³-hybridized carbons (Fsp3) is 0.379. The third-order valence-corrected chi connectivity index (χ3v) is 7.10. The molecule has 0 spiro atoms. The first kappa shape index (κ1) is 28.4. The Morgan fingerprint density at radius 3 is 2.63 bits per heavy atom. The van der Waals surface area contributed by atoms with Gasteiger partial charge in [0.1, 0.15) is 23.5 Å². The molecule has 12 heteroatoms. The molecule has 0 radical (unpaired) electrons. The number of rotatable bonds is 7. The molecule has 1 aromatic carbocycles. The maximum Gasteiger partial charge on any atom is 0.324 e. The summed E-state index contributed by atoms with van der Waals surface area (Å²) in [7, 11) is 1.61. The summed E-state index contributed by atoms with van der Waals surface area (Å²) >= 11 is 0. The fourth-order valence-electron chi connectivity index (χ4n) is 4.97. The van der Waals surface area contributed by atoms with Crippen molar-refractivity contribution in [2.45, 2.75) is 39.3 Å². The van der Waals surface area contributed by atoms with Crippen LogP contribution in [0.25, 0.3) is 16.6 Å². The van der Waals surface area contributed by atoms with Gasteiger partial charge in [-0.2, -0.15) is 5.10 Å². The van der Waals surface area contributed by atoms with Crippen molar-refractivity contribution in [2.75, 3.05) is 49.8 Å². The van der Waals surface area contributed by atoms with Gasteiger partial charge in [0.2, 0.25) is 0 Å². The number of nitrogens with two attached hydrogens (primary N) is 1. The van der Waals surface area contributed by atoms with Gasteiger partial charge in [-0.15, -0.1) is 0 Å². The van der Waals surface area contributed by atoms with Crippen LogP contribution < -0.4 is 16.4 Å². The van der Waals surface area contributed by atoms with E-state index >= 15 is 4.39 Å². The van der Waals surface area contributed by atoms with E-state index < -0.39 is 11.8 Å². The zero-order valence-corrected chi connectivity index (χ0v) is 23.7. The standard InChI is InChI=1S/C29H35FN8O3/c1-29(2,3)19-7-8-32-24(14-19)36-28(39)35-22-6-5-18(13-21(22)30)25-20(16-40-4)23(15-37-9-11-41-12-10-37)38-26(25)27(31)33-17-34-38/h5-8,13-14,17H,9-12,15-16H2,1-4H3,(H2,31,33,34)(H2,32,35,36,39). The van der Waals surface area contributed by atoms with E-state index in [1.165, 1.54) is 18.5 Å². The number of urea groups is 1. The van der Waals surface area contributed by atoms with E-state index in [0.29, 0.717) is 42.2 Å². The number of ether oxygens (including phenoxy) is 2. The van der Waals surface area contributed by atoms with Gasteiger partial charge in [-0.1, -0.05) is 26.8 Å². The SMILES string of the molecule is COCc1c(-c2ccc(NC(=O)Nc3cc(C(C)(C)C)ccn3)c(F)c2)c2c(N)ncnn2c1CN1CCOCC1. The van der Waals surface area contributed by atoms with Gasteiger partial charge in [0.15, 0.2) is 5.82 Å². The van der Waals surface area contributed by atoms with Gasteiger partial charge in [-0.05, 0) is 40.8 Å². The topological polar surface area (TPSA) is 132 Å². The predicted molar refractivity (Wildman–Crippen MR) is 155 cm³/mol. The van der Waals surface area contributed by atoms with E-state index in [2.05, 4.69) is 51.4 Å². The Hall–Kier alpha value is -4.13. The molecular weight excluding hydrogens is 527 g/mol. The molecule has 41 heavy (non-hydrogen) atoms. The van der Waals surface area contributed by atoms with Crippen LogP contribution in [-0.4, -0.2) is 63.9 Å². The zero-order chi connectivity index (χ0) is 29.1. The lowest BCUT2D eigenvalue weighted by Gasteiger charge is -2.26. The second-order valence-electron chi connectivity index (χ2n) is 11.0. The van der Waals surface area contributed by atoms with Crippen LogP contribution in [0.2, 0.25) is 0 Å². The number of anilines is 3. The number of amides is 2. The average molecular weight is 563 g/mol. The van der Waals surface area contributed by atoms with Crippen molar-refractivity contribution in [2.24, 2.45) is 0 Å². The maximum atomic E-state index is 15.5. The maximum absolute atomic E-state index is 15.5. The van der Waals surface area contributed by atoms with E-state index in [9.17, 15) is 4.79 Å². The minimum absolute atomic E-state index is 0.0211. The summed E-state index contributed by atoms with van der Waals surface area (Å²) in [5.41, 5.74) is 10.8. The van der Waals surface area contributed by atoms with Gasteiger partial charge < -0.3 is 20.5 Å². The Balaban J connectivity index is 1.46. The summed E-state index contributed by atoms with van der Waals surface area (Å²) in [6, 6.07) is 7.72. The molecule has 0 aliphatic carbocycles. The number of hydrogen-bond acceptors (Lipinski definition) is 8. The molecule has 0 unspecified atom stereocenters. The van der Waals surface area contributed by atoms with Crippen LogP contribution in [0.5, 0.6) is 0 Å². The second-order valence-corrected chi connectivity index (χ2v) is 11.0. The molecule has 1 saturated heterocycles. The smallest absolute Gasteiger partial charge is 0.324 e. The number of halogens is 1. The molecule has 3 aromatic heterocycles. The molecule has 216 valence electrons. The molecule has 4 heterocycles. The van der Waals surface area contributed by atoms with E-state index in [1.54, 1.807) is 30.0 Å². The van der Waals surface area contributed by atoms with Crippen molar-refractivity contribution in [3.63, 3.8) is 0 Å². The lowest BCUT2D eigenvalue weighted by atomic mass is 9.88. The molecule has 1 aliphatic heterocycles. The minimum atomic E-state index is -0.609. The highest BCUT2D eigenvalue weighted by Gasteiger charge is 2.25. The number of carbonyl (C=O) groups excluding carboxylic acids is 1. The van der Waals surface area contributed by atoms with E-state index in [1.807, 2.05) is 6.07 Å². The van der Waals surface area contributed by atoms with Crippen LogP contribution in [-0.2, 0) is 28.0 Å². The molecule has 5 rings (SSSR count). The lowest BCUT2D eigenvalue weighted by molar-refractivity contribution is 0.0331. The Bertz CT molecular complexity index is 1560.